The Morgan fingerprint density at radius 1 is 0.540 bits per heavy atom. The molecule has 0 radical (unpaired) electrons. The molecule has 0 saturated carbocycles. The number of fused-ring (bicyclic) bond motifs is 11. The molecular formula is C42H50N4O4. The van der Waals surface area contributed by atoms with E-state index in [4.69, 9.17) is 9.47 Å². The number of para-hydroxylation sites is 2. The molecule has 50 heavy (non-hydrogen) atoms. The third-order valence-corrected chi connectivity index (χ3v) is 9.28. The predicted octanol–water partition coefficient (Wildman–Crippen LogP) is 7.60. The summed E-state index contributed by atoms with van der Waals surface area (Å²) in [6.45, 7) is 10.7. The van der Waals surface area contributed by atoms with Crippen LogP contribution in [0.1, 0.15) is 70.2 Å². The van der Waals surface area contributed by atoms with Gasteiger partial charge < -0.3 is 19.7 Å². The van der Waals surface area contributed by atoms with Crippen molar-refractivity contribution in [3.05, 3.63) is 117 Å². The van der Waals surface area contributed by atoms with Crippen LogP contribution < -0.4 is 9.47 Å². The van der Waals surface area contributed by atoms with E-state index in [-0.39, 0.29) is 11.5 Å². The Hall–Kier alpha value is -4.66. The van der Waals surface area contributed by atoms with E-state index in [1.54, 1.807) is 12.4 Å². The van der Waals surface area contributed by atoms with Crippen LogP contribution in [0.25, 0.3) is 0 Å². The number of aromatic hydroxyl groups is 2. The van der Waals surface area contributed by atoms with Crippen molar-refractivity contribution in [2.45, 2.75) is 65.7 Å². The van der Waals surface area contributed by atoms with Crippen LogP contribution in [-0.2, 0) is 26.2 Å². The maximum Gasteiger partial charge on any atom is 0.128 e. The molecule has 2 N–H and O–H groups in total. The lowest BCUT2D eigenvalue weighted by atomic mass is 10.0. The molecule has 6 bridgehead atoms. The quantitative estimate of drug-likeness (QED) is 0.200. The molecule has 4 aromatic carbocycles. The fourth-order valence-electron chi connectivity index (χ4n) is 6.82. The second-order valence-electron chi connectivity index (χ2n) is 13.5. The van der Waals surface area contributed by atoms with Gasteiger partial charge in [0.15, 0.2) is 0 Å². The SMILES string of the molecule is Cc1cc2c(O)c(c1)CN1CCCCN(Cc3ccccc3OCCCOc3ccccc3C1)Cc1cc(C)cc(c1O)C=NCCCN=C2. The van der Waals surface area contributed by atoms with Gasteiger partial charge in [0, 0.05) is 91.5 Å². The molecular weight excluding hydrogens is 624 g/mol. The van der Waals surface area contributed by atoms with Gasteiger partial charge in [-0.05, 0) is 81.6 Å². The number of ether oxygens (including phenoxy) is 2. The first kappa shape index (κ1) is 35.2. The standard InChI is InChI=1S/C42H50N4O4/c1-31-21-35-25-43-15-9-16-44-26-36-22-32(2)24-38(42(36)48)30-46-18-8-7-17-45(29-37(23-31)41(35)47)27-33-11-3-5-13-39(33)49-19-10-20-50-40-14-6-4-12-34(40)28-46/h3-6,11-14,21-26,47-48H,7-10,15-20,27-30H2,1-2H3. The summed E-state index contributed by atoms with van der Waals surface area (Å²) in [4.78, 5) is 14.1. The number of hydrogen-bond acceptors (Lipinski definition) is 8. The van der Waals surface area contributed by atoms with E-state index in [2.05, 4.69) is 70.0 Å². The summed E-state index contributed by atoms with van der Waals surface area (Å²) in [5, 5.41) is 22.9. The van der Waals surface area contributed by atoms with E-state index in [1.165, 1.54) is 0 Å². The first-order valence-electron chi connectivity index (χ1n) is 17.9. The third-order valence-electron chi connectivity index (χ3n) is 9.28. The van der Waals surface area contributed by atoms with Crippen molar-refractivity contribution in [3.8, 4) is 23.0 Å². The number of benzene rings is 4. The van der Waals surface area contributed by atoms with Crippen LogP contribution in [0.2, 0.25) is 0 Å². The minimum Gasteiger partial charge on any atom is -0.507 e. The van der Waals surface area contributed by atoms with E-state index in [9.17, 15) is 10.2 Å². The van der Waals surface area contributed by atoms with E-state index >= 15 is 0 Å². The number of hydrogen-bond donors (Lipinski definition) is 2. The van der Waals surface area contributed by atoms with Gasteiger partial charge in [0.05, 0.1) is 13.2 Å². The number of rotatable bonds is 0. The predicted molar refractivity (Wildman–Crippen MR) is 201 cm³/mol. The summed E-state index contributed by atoms with van der Waals surface area (Å²) in [7, 11) is 0. The minimum atomic E-state index is 0.283. The molecule has 262 valence electrons. The van der Waals surface area contributed by atoms with Gasteiger partial charge in [-0.15, -0.1) is 0 Å². The molecule has 2 aliphatic rings. The Morgan fingerprint density at radius 3 is 1.46 bits per heavy atom. The van der Waals surface area contributed by atoms with E-state index < -0.39 is 0 Å². The number of phenolic OH excluding ortho intramolecular Hbond substituents is 2. The van der Waals surface area contributed by atoms with E-state index in [0.29, 0.717) is 52.5 Å². The Bertz CT molecular complexity index is 1670. The van der Waals surface area contributed by atoms with E-state index in [0.717, 1.165) is 94.8 Å². The molecule has 2 unspecified atom stereocenters. The lowest BCUT2D eigenvalue weighted by Gasteiger charge is -2.27. The molecule has 8 heteroatoms. The maximum absolute atomic E-state index is 11.4. The van der Waals surface area contributed by atoms with Crippen LogP contribution in [0.5, 0.6) is 23.0 Å². The molecule has 0 amide bonds. The molecule has 2 aliphatic heterocycles. The Balaban J connectivity index is 1.37. The second kappa shape index (κ2) is 17.3. The molecule has 6 rings (SSSR count). The first-order valence-corrected chi connectivity index (χ1v) is 17.9. The van der Waals surface area contributed by atoms with Crippen LogP contribution in [0.15, 0.2) is 82.8 Å². The largest absolute Gasteiger partial charge is 0.507 e. The van der Waals surface area contributed by atoms with Crippen molar-refractivity contribution in [3.63, 3.8) is 0 Å². The highest BCUT2D eigenvalue weighted by Gasteiger charge is 2.18. The Labute approximate surface area is 296 Å². The third kappa shape index (κ3) is 9.52. The van der Waals surface area contributed by atoms with Gasteiger partial charge in [0.2, 0.25) is 0 Å². The van der Waals surface area contributed by atoms with E-state index in [1.807, 2.05) is 36.4 Å². The van der Waals surface area contributed by atoms with Gasteiger partial charge >= 0.3 is 0 Å². The van der Waals surface area contributed by atoms with Crippen LogP contribution >= 0.6 is 0 Å². The van der Waals surface area contributed by atoms with Crippen molar-refractivity contribution >= 4 is 12.4 Å². The molecule has 0 saturated heterocycles. The summed E-state index contributed by atoms with van der Waals surface area (Å²) in [5.74, 6) is 2.33. The minimum absolute atomic E-state index is 0.283. The highest BCUT2D eigenvalue weighted by Crippen LogP contribution is 2.30. The van der Waals surface area contributed by atoms with Gasteiger partial charge in [0.1, 0.15) is 23.0 Å². The summed E-state index contributed by atoms with van der Waals surface area (Å²) >= 11 is 0. The molecule has 4 aromatic rings. The van der Waals surface area contributed by atoms with Crippen molar-refractivity contribution < 1.29 is 19.7 Å². The zero-order valence-corrected chi connectivity index (χ0v) is 29.5. The van der Waals surface area contributed by atoms with Crippen LogP contribution in [-0.4, -0.2) is 71.8 Å². The Kier molecular flexibility index (Phi) is 12.2. The molecule has 8 nitrogen and oxygen atoms in total. The maximum atomic E-state index is 11.4. The Morgan fingerprint density at radius 2 is 0.980 bits per heavy atom. The average molecular weight is 675 g/mol. The molecule has 2 atom stereocenters. The molecule has 0 spiro atoms. The van der Waals surface area contributed by atoms with Crippen LogP contribution in [0.4, 0.5) is 0 Å². The molecule has 0 fully saturated rings. The number of phenols is 2. The number of nitrogens with zero attached hydrogens (tertiary/aromatic N) is 4. The molecule has 2 heterocycles. The average Bonchev–Trinajstić information content (AvgIpc) is 3.10. The topological polar surface area (TPSA) is 90.1 Å². The van der Waals surface area contributed by atoms with Gasteiger partial charge in [-0.2, -0.15) is 0 Å². The summed E-state index contributed by atoms with van der Waals surface area (Å²) in [5.41, 5.74) is 7.68. The highest BCUT2D eigenvalue weighted by molar-refractivity contribution is 5.85. The zero-order chi connectivity index (χ0) is 34.7. The molecule has 0 aromatic heterocycles. The number of aryl methyl sites for hydroxylation is 2. The normalized spacial score (nSPS) is 19.4. The van der Waals surface area contributed by atoms with Crippen molar-refractivity contribution in [2.24, 2.45) is 9.98 Å². The van der Waals surface area contributed by atoms with Gasteiger partial charge in [-0.3, -0.25) is 19.8 Å². The fourth-order valence-corrected chi connectivity index (χ4v) is 6.82. The lowest BCUT2D eigenvalue weighted by Crippen LogP contribution is -2.27. The van der Waals surface area contributed by atoms with Crippen molar-refractivity contribution in [2.75, 3.05) is 39.4 Å². The number of aliphatic imine (C=N–C) groups is 2. The van der Waals surface area contributed by atoms with Crippen LogP contribution in [0, 0.1) is 13.8 Å². The molecule has 0 aliphatic carbocycles. The van der Waals surface area contributed by atoms with Crippen molar-refractivity contribution in [1.82, 2.24) is 9.80 Å². The summed E-state index contributed by atoms with van der Waals surface area (Å²) in [6.07, 6.45) is 6.99. The van der Waals surface area contributed by atoms with Crippen LogP contribution in [0.3, 0.4) is 0 Å². The second-order valence-corrected chi connectivity index (χ2v) is 13.5. The summed E-state index contributed by atoms with van der Waals surface area (Å²) < 4.78 is 12.7. The smallest absolute Gasteiger partial charge is 0.128 e. The fraction of sp³-hybridized carbons (Fsp3) is 0.381. The lowest BCUT2D eigenvalue weighted by molar-refractivity contribution is 0.217. The summed E-state index contributed by atoms with van der Waals surface area (Å²) in [6, 6.07) is 24.7. The van der Waals surface area contributed by atoms with Crippen molar-refractivity contribution in [1.29, 1.82) is 0 Å². The first-order chi connectivity index (χ1) is 24.4. The highest BCUT2D eigenvalue weighted by atomic mass is 16.5. The van der Waals surface area contributed by atoms with Gasteiger partial charge in [0.25, 0.3) is 0 Å². The zero-order valence-electron chi connectivity index (χ0n) is 29.5. The van der Waals surface area contributed by atoms with Gasteiger partial charge in [-0.1, -0.05) is 48.5 Å². The monoisotopic (exact) mass is 674 g/mol. The van der Waals surface area contributed by atoms with Gasteiger partial charge in [-0.25, -0.2) is 0 Å².